The second-order valence-electron chi connectivity index (χ2n) is 9.23. The molecular formula is C27H31Cl2N5O4S. The fourth-order valence-corrected chi connectivity index (χ4v) is 4.91. The van der Waals surface area contributed by atoms with E-state index in [0.29, 0.717) is 45.8 Å². The lowest BCUT2D eigenvalue weighted by Gasteiger charge is -2.20. The van der Waals surface area contributed by atoms with Crippen LogP contribution < -0.4 is 10.6 Å². The molecule has 3 aromatic rings. The Morgan fingerprint density at radius 3 is 2.56 bits per heavy atom. The van der Waals surface area contributed by atoms with Crippen molar-refractivity contribution in [2.45, 2.75) is 44.8 Å². The highest BCUT2D eigenvalue weighted by Crippen LogP contribution is 2.26. The van der Waals surface area contributed by atoms with E-state index in [1.54, 1.807) is 48.0 Å². The van der Waals surface area contributed by atoms with Crippen molar-refractivity contribution >= 4 is 58.4 Å². The van der Waals surface area contributed by atoms with E-state index >= 15 is 0 Å². The fraction of sp³-hybridized carbons (Fsp3) is 0.370. The van der Waals surface area contributed by atoms with E-state index < -0.39 is 12.0 Å². The highest BCUT2D eigenvalue weighted by molar-refractivity contribution is 7.99. The van der Waals surface area contributed by atoms with Gasteiger partial charge < -0.3 is 19.9 Å². The second-order valence-corrected chi connectivity index (χ2v) is 11.0. The molecule has 0 aliphatic heterocycles. The molecule has 208 valence electrons. The molecule has 2 amide bonds. The van der Waals surface area contributed by atoms with Gasteiger partial charge in [0.15, 0.2) is 11.0 Å². The Balaban J connectivity index is 1.66. The maximum atomic E-state index is 13.0. The number of halogens is 2. The van der Waals surface area contributed by atoms with Gasteiger partial charge in [0.1, 0.15) is 0 Å². The third-order valence-corrected chi connectivity index (χ3v) is 7.09. The zero-order valence-electron chi connectivity index (χ0n) is 22.2. The largest absolute Gasteiger partial charge is 0.462 e. The van der Waals surface area contributed by atoms with E-state index in [1.807, 2.05) is 20.8 Å². The number of rotatable bonds is 12. The van der Waals surface area contributed by atoms with Gasteiger partial charge >= 0.3 is 5.97 Å². The SMILES string of the molecule is CCCOC(=O)c1cccc(NC(=O)CSc2nnc([C@@H](CC(C)C)NC(=O)c3ccc(Cl)cc3Cl)n2C)c1. The molecule has 0 bridgehead atoms. The van der Waals surface area contributed by atoms with Gasteiger partial charge in [0.25, 0.3) is 5.91 Å². The zero-order valence-corrected chi connectivity index (χ0v) is 24.5. The van der Waals surface area contributed by atoms with Crippen LogP contribution in [-0.2, 0) is 16.6 Å². The molecule has 12 heteroatoms. The molecule has 1 heterocycles. The van der Waals surface area contributed by atoms with Crippen LogP contribution in [0.25, 0.3) is 0 Å². The standard InChI is InChI=1S/C27H31Cl2N5O4S/c1-5-11-38-26(37)17-7-6-8-19(13-17)30-23(35)15-39-27-33-32-24(34(27)4)22(12-16(2)3)31-25(36)20-10-9-18(28)14-21(20)29/h6-10,13-14,16,22H,5,11-12,15H2,1-4H3,(H,30,35)(H,31,36)/t22-/m1/s1. The lowest BCUT2D eigenvalue weighted by atomic mass is 10.0. The Kier molecular flexibility index (Phi) is 11.2. The van der Waals surface area contributed by atoms with Crippen LogP contribution in [0.4, 0.5) is 5.69 Å². The number of carbonyl (C=O) groups excluding carboxylic acids is 3. The molecule has 0 fully saturated rings. The van der Waals surface area contributed by atoms with Crippen LogP contribution in [0.1, 0.15) is 66.2 Å². The van der Waals surface area contributed by atoms with Crippen molar-refractivity contribution in [2.75, 3.05) is 17.7 Å². The minimum atomic E-state index is -0.435. The summed E-state index contributed by atoms with van der Waals surface area (Å²) in [6, 6.07) is 10.9. The molecule has 2 N–H and O–H groups in total. The first-order valence-corrected chi connectivity index (χ1v) is 14.2. The van der Waals surface area contributed by atoms with Crippen LogP contribution in [0.5, 0.6) is 0 Å². The molecule has 0 saturated carbocycles. The first kappa shape index (κ1) is 30.5. The Morgan fingerprint density at radius 1 is 1.10 bits per heavy atom. The van der Waals surface area contributed by atoms with Gasteiger partial charge in [-0.25, -0.2) is 4.79 Å². The lowest BCUT2D eigenvalue weighted by Crippen LogP contribution is -2.31. The molecule has 0 aliphatic rings. The third kappa shape index (κ3) is 8.71. The molecule has 1 aromatic heterocycles. The van der Waals surface area contributed by atoms with E-state index in [0.717, 1.165) is 6.42 Å². The smallest absolute Gasteiger partial charge is 0.338 e. The summed E-state index contributed by atoms with van der Waals surface area (Å²) in [6.07, 6.45) is 1.34. The molecular weight excluding hydrogens is 561 g/mol. The fourth-order valence-electron chi connectivity index (χ4n) is 3.69. The first-order chi connectivity index (χ1) is 18.6. The number of esters is 1. The number of hydrogen-bond acceptors (Lipinski definition) is 7. The number of nitrogens with one attached hydrogen (secondary N) is 2. The highest BCUT2D eigenvalue weighted by Gasteiger charge is 2.24. The van der Waals surface area contributed by atoms with Gasteiger partial charge in [-0.05, 0) is 55.2 Å². The normalized spacial score (nSPS) is 11.8. The van der Waals surface area contributed by atoms with E-state index in [9.17, 15) is 14.4 Å². The van der Waals surface area contributed by atoms with E-state index in [2.05, 4.69) is 20.8 Å². The highest BCUT2D eigenvalue weighted by atomic mass is 35.5. The number of nitrogens with zero attached hydrogens (tertiary/aromatic N) is 3. The number of benzene rings is 2. The molecule has 1 atom stereocenters. The maximum absolute atomic E-state index is 13.0. The summed E-state index contributed by atoms with van der Waals surface area (Å²) in [4.78, 5) is 37.7. The Bertz CT molecular complexity index is 1330. The summed E-state index contributed by atoms with van der Waals surface area (Å²) in [5.41, 5.74) is 1.17. The number of amides is 2. The Labute approximate surface area is 242 Å². The van der Waals surface area contributed by atoms with Crippen LogP contribution in [0, 0.1) is 5.92 Å². The number of carbonyl (C=O) groups is 3. The molecule has 0 saturated heterocycles. The van der Waals surface area contributed by atoms with Crippen molar-refractivity contribution in [2.24, 2.45) is 13.0 Å². The number of aromatic nitrogens is 3. The van der Waals surface area contributed by atoms with Crippen LogP contribution in [0.3, 0.4) is 0 Å². The summed E-state index contributed by atoms with van der Waals surface area (Å²) in [6.45, 7) is 6.34. The van der Waals surface area contributed by atoms with Crippen molar-refractivity contribution in [3.63, 3.8) is 0 Å². The Morgan fingerprint density at radius 2 is 1.87 bits per heavy atom. The number of hydrogen-bond donors (Lipinski definition) is 2. The first-order valence-electron chi connectivity index (χ1n) is 12.4. The van der Waals surface area contributed by atoms with Gasteiger partial charge in [0, 0.05) is 17.8 Å². The van der Waals surface area contributed by atoms with Gasteiger partial charge in [-0.3, -0.25) is 9.59 Å². The summed E-state index contributed by atoms with van der Waals surface area (Å²) in [5, 5.41) is 15.6. The quantitative estimate of drug-likeness (QED) is 0.198. The lowest BCUT2D eigenvalue weighted by molar-refractivity contribution is -0.113. The van der Waals surface area contributed by atoms with Gasteiger partial charge in [-0.1, -0.05) is 61.8 Å². The third-order valence-electron chi connectivity index (χ3n) is 5.52. The van der Waals surface area contributed by atoms with Crippen molar-refractivity contribution in [1.29, 1.82) is 0 Å². The number of ether oxygens (including phenoxy) is 1. The van der Waals surface area contributed by atoms with Crippen LogP contribution in [-0.4, -0.2) is 44.9 Å². The predicted octanol–water partition coefficient (Wildman–Crippen LogP) is 5.94. The molecule has 0 unspecified atom stereocenters. The van der Waals surface area contributed by atoms with Crippen LogP contribution in [0.2, 0.25) is 10.0 Å². The van der Waals surface area contributed by atoms with Gasteiger partial charge in [-0.2, -0.15) is 0 Å². The van der Waals surface area contributed by atoms with Gasteiger partial charge in [-0.15, -0.1) is 10.2 Å². The molecule has 39 heavy (non-hydrogen) atoms. The molecule has 3 rings (SSSR count). The summed E-state index contributed by atoms with van der Waals surface area (Å²) in [7, 11) is 1.79. The number of thioether (sulfide) groups is 1. The zero-order chi connectivity index (χ0) is 28.5. The average molecular weight is 593 g/mol. The molecule has 0 spiro atoms. The van der Waals surface area contributed by atoms with Crippen LogP contribution in [0.15, 0.2) is 47.6 Å². The average Bonchev–Trinajstić information content (AvgIpc) is 3.25. The predicted molar refractivity (Wildman–Crippen MR) is 153 cm³/mol. The Hall–Kier alpha value is -3.08. The van der Waals surface area contributed by atoms with Crippen molar-refractivity contribution < 1.29 is 19.1 Å². The van der Waals surface area contributed by atoms with Gasteiger partial charge in [0.05, 0.1) is 34.6 Å². The molecule has 9 nitrogen and oxygen atoms in total. The second kappa shape index (κ2) is 14.3. The van der Waals surface area contributed by atoms with Crippen molar-refractivity contribution in [1.82, 2.24) is 20.1 Å². The van der Waals surface area contributed by atoms with Gasteiger partial charge in [0.2, 0.25) is 5.91 Å². The summed E-state index contributed by atoms with van der Waals surface area (Å²) < 4.78 is 6.91. The molecule has 0 aliphatic carbocycles. The minimum Gasteiger partial charge on any atom is -0.462 e. The minimum absolute atomic E-state index is 0.0675. The molecule has 0 radical (unpaired) electrons. The topological polar surface area (TPSA) is 115 Å². The van der Waals surface area contributed by atoms with Crippen LogP contribution >= 0.6 is 35.0 Å². The van der Waals surface area contributed by atoms with E-state index in [1.165, 1.54) is 17.8 Å². The molecule has 2 aromatic carbocycles. The number of anilines is 1. The monoisotopic (exact) mass is 591 g/mol. The maximum Gasteiger partial charge on any atom is 0.338 e. The summed E-state index contributed by atoms with van der Waals surface area (Å²) >= 11 is 13.4. The van der Waals surface area contributed by atoms with Crippen molar-refractivity contribution in [3.8, 4) is 0 Å². The van der Waals surface area contributed by atoms with E-state index in [-0.39, 0.29) is 28.5 Å². The van der Waals surface area contributed by atoms with Crippen molar-refractivity contribution in [3.05, 3.63) is 69.5 Å². The van der Waals surface area contributed by atoms with E-state index in [4.69, 9.17) is 27.9 Å². The summed E-state index contributed by atoms with van der Waals surface area (Å²) in [5.74, 6) is -0.172.